The molecule has 0 aliphatic carbocycles. The van der Waals surface area contributed by atoms with Crippen LogP contribution in [0.15, 0.2) is 36.7 Å². The fourth-order valence-electron chi connectivity index (χ4n) is 5.17. The van der Waals surface area contributed by atoms with E-state index in [4.69, 9.17) is 4.98 Å². The van der Waals surface area contributed by atoms with Crippen molar-refractivity contribution in [2.75, 3.05) is 31.1 Å². The first-order chi connectivity index (χ1) is 16.1. The molecule has 4 heterocycles. The summed E-state index contributed by atoms with van der Waals surface area (Å²) >= 11 is 0. The van der Waals surface area contributed by atoms with Crippen LogP contribution in [0.4, 0.5) is 5.95 Å². The third-order valence-electron chi connectivity index (χ3n) is 6.79. The van der Waals surface area contributed by atoms with Gasteiger partial charge in [-0.05, 0) is 51.3 Å². The van der Waals surface area contributed by atoms with E-state index in [1.165, 1.54) is 12.8 Å². The number of phenolic OH excluding ortho intramolecular Hbond substituents is 1. The Labute approximate surface area is 194 Å². The van der Waals surface area contributed by atoms with Crippen molar-refractivity contribution in [2.24, 2.45) is 0 Å². The summed E-state index contributed by atoms with van der Waals surface area (Å²) in [5, 5.41) is 24.7. The standard InChI is InChI=1S/C25H32N6O2/c1-18-6-7-23(33)19(15-18)17-30-12-4-5-22(30)24-20(16-27-31(24)13-14-32)21-8-9-26-25(28-21)29-10-2-3-11-29/h6-9,15-16,22,32-33H,2-5,10-14,17H2,1H3. The molecule has 1 unspecified atom stereocenters. The lowest BCUT2D eigenvalue weighted by Crippen LogP contribution is -2.26. The van der Waals surface area contributed by atoms with Crippen LogP contribution in [-0.4, -0.2) is 61.1 Å². The number of aliphatic hydroxyl groups excluding tert-OH is 1. The molecule has 0 saturated carbocycles. The molecule has 2 aromatic heterocycles. The van der Waals surface area contributed by atoms with E-state index in [1.54, 1.807) is 6.07 Å². The number of hydrogen-bond donors (Lipinski definition) is 2. The first-order valence-corrected chi connectivity index (χ1v) is 11.9. The van der Waals surface area contributed by atoms with Crippen LogP contribution < -0.4 is 4.90 Å². The minimum Gasteiger partial charge on any atom is -0.508 e. The maximum atomic E-state index is 10.4. The Balaban J connectivity index is 1.50. The minimum atomic E-state index is 0.0301. The number of rotatable bonds is 7. The topological polar surface area (TPSA) is 90.5 Å². The van der Waals surface area contributed by atoms with E-state index in [-0.39, 0.29) is 12.6 Å². The molecule has 0 spiro atoms. The predicted molar refractivity (Wildman–Crippen MR) is 127 cm³/mol. The number of likely N-dealkylation sites (tertiary alicyclic amines) is 1. The lowest BCUT2D eigenvalue weighted by molar-refractivity contribution is 0.224. The van der Waals surface area contributed by atoms with Gasteiger partial charge in [-0.1, -0.05) is 17.7 Å². The molecule has 1 aromatic carbocycles. The zero-order valence-corrected chi connectivity index (χ0v) is 19.2. The first-order valence-electron chi connectivity index (χ1n) is 11.9. The number of hydrogen-bond acceptors (Lipinski definition) is 7. The van der Waals surface area contributed by atoms with Crippen LogP contribution in [0.1, 0.15) is 48.5 Å². The maximum absolute atomic E-state index is 10.4. The number of benzene rings is 1. The summed E-state index contributed by atoms with van der Waals surface area (Å²) in [5.74, 6) is 1.11. The van der Waals surface area contributed by atoms with Crippen molar-refractivity contribution in [3.63, 3.8) is 0 Å². The normalized spacial score (nSPS) is 19.0. The van der Waals surface area contributed by atoms with Crippen molar-refractivity contribution < 1.29 is 10.2 Å². The van der Waals surface area contributed by atoms with Gasteiger partial charge in [-0.2, -0.15) is 5.10 Å². The molecule has 8 heteroatoms. The summed E-state index contributed by atoms with van der Waals surface area (Å²) in [5.41, 5.74) is 5.03. The molecular weight excluding hydrogens is 416 g/mol. The van der Waals surface area contributed by atoms with Gasteiger partial charge in [-0.3, -0.25) is 9.58 Å². The van der Waals surface area contributed by atoms with Gasteiger partial charge in [0.05, 0.1) is 36.8 Å². The fourth-order valence-corrected chi connectivity index (χ4v) is 5.17. The van der Waals surface area contributed by atoms with Gasteiger partial charge in [0.2, 0.25) is 5.95 Å². The number of aryl methyl sites for hydroxylation is 1. The molecule has 2 saturated heterocycles. The molecule has 2 aliphatic rings. The Morgan fingerprint density at radius 3 is 2.76 bits per heavy atom. The first kappa shape index (κ1) is 21.9. The van der Waals surface area contributed by atoms with Gasteiger partial charge >= 0.3 is 0 Å². The van der Waals surface area contributed by atoms with Gasteiger partial charge < -0.3 is 15.1 Å². The predicted octanol–water partition coefficient (Wildman–Crippen LogP) is 3.28. The highest BCUT2D eigenvalue weighted by Gasteiger charge is 2.32. The van der Waals surface area contributed by atoms with Crippen LogP contribution in [0.5, 0.6) is 5.75 Å². The summed E-state index contributed by atoms with van der Waals surface area (Å²) < 4.78 is 1.92. The molecule has 33 heavy (non-hydrogen) atoms. The van der Waals surface area contributed by atoms with Crippen LogP contribution in [0, 0.1) is 6.92 Å². The van der Waals surface area contributed by atoms with Gasteiger partial charge in [0.25, 0.3) is 0 Å². The Kier molecular flexibility index (Phi) is 6.28. The largest absolute Gasteiger partial charge is 0.508 e. The molecule has 2 fully saturated rings. The molecule has 0 amide bonds. The highest BCUT2D eigenvalue weighted by molar-refractivity contribution is 5.63. The van der Waals surface area contributed by atoms with Crippen LogP contribution in [0.3, 0.4) is 0 Å². The van der Waals surface area contributed by atoms with Crippen molar-refractivity contribution >= 4 is 5.95 Å². The summed E-state index contributed by atoms with van der Waals surface area (Å²) in [6.45, 7) is 6.13. The van der Waals surface area contributed by atoms with Gasteiger partial charge in [0.1, 0.15) is 5.75 Å². The quantitative estimate of drug-likeness (QED) is 0.573. The molecule has 5 rings (SSSR count). The summed E-state index contributed by atoms with van der Waals surface area (Å²) in [6, 6.07) is 7.86. The summed E-state index contributed by atoms with van der Waals surface area (Å²) in [7, 11) is 0. The second-order valence-corrected chi connectivity index (χ2v) is 9.09. The Bertz CT molecular complexity index is 1110. The van der Waals surface area contributed by atoms with Gasteiger partial charge in [0.15, 0.2) is 0 Å². The van der Waals surface area contributed by atoms with Crippen LogP contribution in [-0.2, 0) is 13.1 Å². The Morgan fingerprint density at radius 1 is 1.09 bits per heavy atom. The SMILES string of the molecule is Cc1ccc(O)c(CN2CCCC2c2c(-c3ccnc(N4CCCC4)n3)cnn2CCO)c1. The second kappa shape index (κ2) is 9.49. The highest BCUT2D eigenvalue weighted by Crippen LogP contribution is 2.39. The highest BCUT2D eigenvalue weighted by atomic mass is 16.3. The van der Waals surface area contributed by atoms with Crippen molar-refractivity contribution in [3.8, 4) is 17.0 Å². The average molecular weight is 449 g/mol. The van der Waals surface area contributed by atoms with Crippen molar-refractivity contribution in [3.05, 3.63) is 53.5 Å². The lowest BCUT2D eigenvalue weighted by Gasteiger charge is -2.27. The lowest BCUT2D eigenvalue weighted by atomic mass is 10.0. The van der Waals surface area contributed by atoms with E-state index in [0.29, 0.717) is 18.8 Å². The van der Waals surface area contributed by atoms with Crippen molar-refractivity contribution in [2.45, 2.75) is 51.7 Å². The number of aliphatic hydroxyl groups is 1. The second-order valence-electron chi connectivity index (χ2n) is 9.09. The Morgan fingerprint density at radius 2 is 1.94 bits per heavy atom. The minimum absolute atomic E-state index is 0.0301. The zero-order valence-electron chi connectivity index (χ0n) is 19.2. The van der Waals surface area contributed by atoms with E-state index >= 15 is 0 Å². The molecule has 2 N–H and O–H groups in total. The Hall–Kier alpha value is -2.97. The molecule has 0 radical (unpaired) electrons. The molecular formula is C25H32N6O2. The summed E-state index contributed by atoms with van der Waals surface area (Å²) in [6.07, 6.45) is 8.14. The molecule has 8 nitrogen and oxygen atoms in total. The van der Waals surface area contributed by atoms with Crippen molar-refractivity contribution in [1.29, 1.82) is 0 Å². The molecule has 3 aromatic rings. The van der Waals surface area contributed by atoms with Crippen LogP contribution in [0.25, 0.3) is 11.3 Å². The molecule has 174 valence electrons. The fraction of sp³-hybridized carbons (Fsp3) is 0.480. The van der Waals surface area contributed by atoms with Gasteiger partial charge in [0, 0.05) is 37.0 Å². The van der Waals surface area contributed by atoms with E-state index in [9.17, 15) is 10.2 Å². The number of aromatic nitrogens is 4. The number of phenols is 1. The monoisotopic (exact) mass is 448 g/mol. The molecule has 1 atom stereocenters. The van der Waals surface area contributed by atoms with Crippen LogP contribution in [0.2, 0.25) is 0 Å². The van der Waals surface area contributed by atoms with Gasteiger partial charge in [-0.15, -0.1) is 0 Å². The molecule has 0 bridgehead atoms. The third-order valence-corrected chi connectivity index (χ3v) is 6.79. The number of nitrogens with zero attached hydrogens (tertiary/aromatic N) is 6. The number of aromatic hydroxyl groups is 1. The van der Waals surface area contributed by atoms with E-state index in [0.717, 1.165) is 66.5 Å². The maximum Gasteiger partial charge on any atom is 0.225 e. The van der Waals surface area contributed by atoms with Crippen LogP contribution >= 0.6 is 0 Å². The average Bonchev–Trinajstić information content (AvgIpc) is 3.58. The van der Waals surface area contributed by atoms with E-state index < -0.39 is 0 Å². The smallest absolute Gasteiger partial charge is 0.225 e. The zero-order chi connectivity index (χ0) is 22.8. The van der Waals surface area contributed by atoms with E-state index in [1.807, 2.05) is 36.1 Å². The van der Waals surface area contributed by atoms with Crippen molar-refractivity contribution in [1.82, 2.24) is 24.6 Å². The molecule has 2 aliphatic heterocycles. The third kappa shape index (κ3) is 4.45. The van der Waals surface area contributed by atoms with Gasteiger partial charge in [-0.25, -0.2) is 9.97 Å². The number of anilines is 1. The van der Waals surface area contributed by atoms with E-state index in [2.05, 4.69) is 25.9 Å². The summed E-state index contributed by atoms with van der Waals surface area (Å²) in [4.78, 5) is 14.1.